The van der Waals surface area contributed by atoms with Gasteiger partial charge in [-0.15, -0.1) is 0 Å². The van der Waals surface area contributed by atoms with Gasteiger partial charge in [-0.3, -0.25) is 0 Å². The summed E-state index contributed by atoms with van der Waals surface area (Å²) in [6.45, 7) is 1.33. The van der Waals surface area contributed by atoms with Crippen LogP contribution in [0.2, 0.25) is 0 Å². The highest BCUT2D eigenvalue weighted by molar-refractivity contribution is 5.79. The Hall–Kier alpha value is -1.89. The third-order valence-electron chi connectivity index (χ3n) is 2.69. The number of hydrogen-bond acceptors (Lipinski definition) is 7. The summed E-state index contributed by atoms with van der Waals surface area (Å²) < 4.78 is 15.1. The summed E-state index contributed by atoms with van der Waals surface area (Å²) >= 11 is 0. The van der Waals surface area contributed by atoms with Gasteiger partial charge in [-0.05, 0) is 0 Å². The lowest BCUT2D eigenvalue weighted by molar-refractivity contribution is -0.144. The minimum atomic E-state index is -0.518. The van der Waals surface area contributed by atoms with Crippen molar-refractivity contribution in [1.82, 2.24) is 9.97 Å². The van der Waals surface area contributed by atoms with Crippen LogP contribution in [0.25, 0.3) is 0 Å². The Morgan fingerprint density at radius 3 is 3.11 bits per heavy atom. The zero-order valence-electron chi connectivity index (χ0n) is 10.3. The van der Waals surface area contributed by atoms with Gasteiger partial charge in [0.15, 0.2) is 6.04 Å². The van der Waals surface area contributed by atoms with Crippen LogP contribution in [-0.4, -0.2) is 56.0 Å². The number of morpholine rings is 1. The fourth-order valence-electron chi connectivity index (χ4n) is 1.76. The maximum atomic E-state index is 11.7. The molecule has 0 saturated carbocycles. The molecule has 0 aliphatic carbocycles. The molecule has 0 amide bonds. The number of nitrogens with zero attached hydrogens (tertiary/aromatic N) is 3. The molecular weight excluding hydrogens is 238 g/mol. The summed E-state index contributed by atoms with van der Waals surface area (Å²) in [5.41, 5.74) is 0. The number of carbonyl (C=O) groups is 1. The highest BCUT2D eigenvalue weighted by Gasteiger charge is 2.32. The summed E-state index contributed by atoms with van der Waals surface area (Å²) in [6, 6.07) is 1.13. The van der Waals surface area contributed by atoms with E-state index in [9.17, 15) is 4.79 Å². The second-order valence-electron chi connectivity index (χ2n) is 3.71. The molecule has 1 atom stereocenters. The molecule has 7 heteroatoms. The molecule has 18 heavy (non-hydrogen) atoms. The fraction of sp³-hybridized carbons (Fsp3) is 0.545. The normalized spacial score (nSPS) is 19.4. The van der Waals surface area contributed by atoms with Crippen LogP contribution in [0.15, 0.2) is 12.3 Å². The number of methoxy groups -OCH3 is 2. The number of aromatic nitrogens is 2. The molecule has 1 aromatic rings. The van der Waals surface area contributed by atoms with Crippen LogP contribution in [0.4, 0.5) is 5.95 Å². The van der Waals surface area contributed by atoms with Crippen LogP contribution >= 0.6 is 0 Å². The number of rotatable bonds is 3. The van der Waals surface area contributed by atoms with Gasteiger partial charge in [0.1, 0.15) is 0 Å². The largest absolute Gasteiger partial charge is 0.481 e. The lowest BCUT2D eigenvalue weighted by atomic mass is 10.2. The van der Waals surface area contributed by atoms with Gasteiger partial charge in [-0.25, -0.2) is 9.78 Å². The number of carbonyl (C=O) groups excluding carboxylic acids is 1. The number of hydrogen-bond donors (Lipinski definition) is 0. The molecule has 0 spiro atoms. The monoisotopic (exact) mass is 253 g/mol. The maximum absolute atomic E-state index is 11.7. The first kappa shape index (κ1) is 12.6. The summed E-state index contributed by atoms with van der Waals surface area (Å²) in [5, 5.41) is 0. The third-order valence-corrected chi connectivity index (χ3v) is 2.69. The molecular formula is C11H15N3O4. The van der Waals surface area contributed by atoms with Crippen LogP contribution in [0.3, 0.4) is 0 Å². The summed E-state index contributed by atoms with van der Waals surface area (Å²) in [4.78, 5) is 21.8. The molecule has 1 saturated heterocycles. The van der Waals surface area contributed by atoms with Crippen LogP contribution in [0.1, 0.15) is 0 Å². The fourth-order valence-corrected chi connectivity index (χ4v) is 1.76. The second-order valence-corrected chi connectivity index (χ2v) is 3.71. The lowest BCUT2D eigenvalue weighted by Crippen LogP contribution is -2.51. The van der Waals surface area contributed by atoms with E-state index in [1.165, 1.54) is 14.2 Å². The predicted molar refractivity (Wildman–Crippen MR) is 62.6 cm³/mol. The Bertz CT molecular complexity index is 427. The predicted octanol–water partition coefficient (Wildman–Crippen LogP) is -0.137. The Kier molecular flexibility index (Phi) is 3.93. The summed E-state index contributed by atoms with van der Waals surface area (Å²) in [7, 11) is 2.88. The first-order valence-corrected chi connectivity index (χ1v) is 5.55. The van der Waals surface area contributed by atoms with Gasteiger partial charge in [-0.2, -0.15) is 4.98 Å². The first-order chi connectivity index (χ1) is 8.76. The molecule has 0 radical (unpaired) electrons. The van der Waals surface area contributed by atoms with E-state index in [4.69, 9.17) is 14.2 Å². The molecule has 0 bridgehead atoms. The SMILES string of the molecule is COC(=O)C1COCCN1c1nccc(OC)n1. The van der Waals surface area contributed by atoms with Crippen LogP contribution < -0.4 is 9.64 Å². The van der Waals surface area contributed by atoms with Gasteiger partial charge in [-0.1, -0.05) is 0 Å². The van der Waals surface area contributed by atoms with Crippen molar-refractivity contribution in [2.24, 2.45) is 0 Å². The molecule has 0 N–H and O–H groups in total. The zero-order chi connectivity index (χ0) is 13.0. The highest BCUT2D eigenvalue weighted by atomic mass is 16.5. The van der Waals surface area contributed by atoms with E-state index >= 15 is 0 Å². The minimum Gasteiger partial charge on any atom is -0.481 e. The summed E-state index contributed by atoms with van der Waals surface area (Å²) in [5.74, 6) is 0.532. The average molecular weight is 253 g/mol. The maximum Gasteiger partial charge on any atom is 0.331 e. The number of anilines is 1. The van der Waals surface area contributed by atoms with Gasteiger partial charge >= 0.3 is 5.97 Å². The van der Waals surface area contributed by atoms with E-state index in [1.54, 1.807) is 17.2 Å². The third kappa shape index (κ3) is 2.51. The smallest absolute Gasteiger partial charge is 0.331 e. The molecule has 0 aromatic carbocycles. The van der Waals surface area contributed by atoms with E-state index in [1.807, 2.05) is 0 Å². The Balaban J connectivity index is 2.24. The van der Waals surface area contributed by atoms with Crippen LogP contribution in [0, 0.1) is 0 Å². The second kappa shape index (κ2) is 5.63. The Morgan fingerprint density at radius 1 is 1.56 bits per heavy atom. The van der Waals surface area contributed by atoms with Crippen LogP contribution in [0.5, 0.6) is 5.88 Å². The first-order valence-electron chi connectivity index (χ1n) is 5.55. The van der Waals surface area contributed by atoms with Crippen molar-refractivity contribution >= 4 is 11.9 Å². The van der Waals surface area contributed by atoms with Gasteiger partial charge < -0.3 is 19.1 Å². The molecule has 2 heterocycles. The van der Waals surface area contributed by atoms with Gasteiger partial charge in [0.25, 0.3) is 0 Å². The van der Waals surface area contributed by atoms with E-state index < -0.39 is 6.04 Å². The van der Waals surface area contributed by atoms with E-state index in [-0.39, 0.29) is 12.6 Å². The average Bonchev–Trinajstić information content (AvgIpc) is 2.46. The van der Waals surface area contributed by atoms with Crippen molar-refractivity contribution in [3.8, 4) is 5.88 Å². The van der Waals surface area contributed by atoms with E-state index in [2.05, 4.69) is 9.97 Å². The van der Waals surface area contributed by atoms with Crippen molar-refractivity contribution < 1.29 is 19.0 Å². The molecule has 1 aromatic heterocycles. The van der Waals surface area contributed by atoms with E-state index in [0.717, 1.165) is 0 Å². The Morgan fingerprint density at radius 2 is 2.39 bits per heavy atom. The van der Waals surface area contributed by atoms with Crippen molar-refractivity contribution in [2.75, 3.05) is 38.9 Å². The van der Waals surface area contributed by atoms with Crippen molar-refractivity contribution in [3.63, 3.8) is 0 Å². The molecule has 1 unspecified atom stereocenters. The molecule has 2 rings (SSSR count). The van der Waals surface area contributed by atoms with E-state index in [0.29, 0.717) is 25.0 Å². The van der Waals surface area contributed by atoms with Crippen LogP contribution in [-0.2, 0) is 14.3 Å². The topological polar surface area (TPSA) is 73.8 Å². The minimum absolute atomic E-state index is 0.271. The molecule has 7 nitrogen and oxygen atoms in total. The standard InChI is InChI=1S/C11H15N3O4/c1-16-9-3-4-12-11(13-9)14-5-6-18-7-8(14)10(15)17-2/h3-4,8H,5-7H2,1-2H3. The molecule has 98 valence electrons. The van der Waals surface area contributed by atoms with Gasteiger partial charge in [0, 0.05) is 18.8 Å². The summed E-state index contributed by atoms with van der Waals surface area (Å²) in [6.07, 6.45) is 1.59. The molecule has 1 fully saturated rings. The van der Waals surface area contributed by atoms with Gasteiger partial charge in [0.2, 0.25) is 11.8 Å². The molecule has 1 aliphatic rings. The van der Waals surface area contributed by atoms with Gasteiger partial charge in [0.05, 0.1) is 27.4 Å². The van der Waals surface area contributed by atoms with Crippen molar-refractivity contribution in [3.05, 3.63) is 12.3 Å². The number of ether oxygens (including phenoxy) is 3. The number of esters is 1. The lowest BCUT2D eigenvalue weighted by Gasteiger charge is -2.33. The zero-order valence-corrected chi connectivity index (χ0v) is 10.3. The van der Waals surface area contributed by atoms with Crippen molar-refractivity contribution in [1.29, 1.82) is 0 Å². The molecule has 1 aliphatic heterocycles. The van der Waals surface area contributed by atoms with Crippen molar-refractivity contribution in [2.45, 2.75) is 6.04 Å². The quantitative estimate of drug-likeness (QED) is 0.694. The Labute approximate surface area is 105 Å². The highest BCUT2D eigenvalue weighted by Crippen LogP contribution is 2.18.